The smallest absolute Gasteiger partial charge is 0.332 e. The fourth-order valence-corrected chi connectivity index (χ4v) is 3.12. The summed E-state index contributed by atoms with van der Waals surface area (Å²) in [6, 6.07) is 0. The van der Waals surface area contributed by atoms with Gasteiger partial charge in [-0.05, 0) is 13.8 Å². The molecule has 0 aromatic carbocycles. The van der Waals surface area contributed by atoms with Gasteiger partial charge in [-0.25, -0.2) is 0 Å². The number of rotatable bonds is 15. The van der Waals surface area contributed by atoms with E-state index in [1.54, 1.807) is 13.8 Å². The average Bonchev–Trinajstić information content (AvgIpc) is 2.41. The van der Waals surface area contributed by atoms with Gasteiger partial charge in [-0.3, -0.25) is 4.57 Å². The summed E-state index contributed by atoms with van der Waals surface area (Å²) >= 11 is 2.26. The van der Waals surface area contributed by atoms with Gasteiger partial charge in [0.2, 0.25) is 0 Å². The SMILES string of the molecule is CCOP(=O)(CCOCCOCCOCCI)OCC. The largest absolute Gasteiger partial charge is 0.378 e. The van der Waals surface area contributed by atoms with Crippen LogP contribution >= 0.6 is 30.2 Å². The molecule has 0 saturated heterocycles. The van der Waals surface area contributed by atoms with Crippen molar-refractivity contribution < 1.29 is 27.8 Å². The monoisotopic (exact) mass is 424 g/mol. The molecule has 0 spiro atoms. The highest BCUT2D eigenvalue weighted by molar-refractivity contribution is 14.1. The molecule has 0 amide bonds. The van der Waals surface area contributed by atoms with Crippen molar-refractivity contribution in [1.82, 2.24) is 0 Å². The highest BCUT2D eigenvalue weighted by Gasteiger charge is 2.22. The summed E-state index contributed by atoms with van der Waals surface area (Å²) in [5.74, 6) is 0. The minimum absolute atomic E-state index is 0.271. The minimum Gasteiger partial charge on any atom is -0.378 e. The zero-order valence-electron chi connectivity index (χ0n) is 12.3. The molecule has 0 bridgehead atoms. The van der Waals surface area contributed by atoms with Crippen LogP contribution < -0.4 is 0 Å². The van der Waals surface area contributed by atoms with Gasteiger partial charge in [0.1, 0.15) is 0 Å². The van der Waals surface area contributed by atoms with Crippen molar-refractivity contribution >= 4 is 30.2 Å². The molecule has 0 aromatic heterocycles. The summed E-state index contributed by atoms with van der Waals surface area (Å²) in [5, 5.41) is 0. The molecule has 20 heavy (non-hydrogen) atoms. The quantitative estimate of drug-likeness (QED) is 0.174. The van der Waals surface area contributed by atoms with E-state index >= 15 is 0 Å². The zero-order chi connectivity index (χ0) is 15.1. The Bertz CT molecular complexity index is 244. The van der Waals surface area contributed by atoms with Crippen molar-refractivity contribution in [2.45, 2.75) is 13.8 Å². The molecule has 0 aromatic rings. The van der Waals surface area contributed by atoms with Crippen LogP contribution in [0.1, 0.15) is 13.8 Å². The molecule has 0 radical (unpaired) electrons. The number of halogens is 1. The fraction of sp³-hybridized carbons (Fsp3) is 1.00. The Balaban J connectivity index is 3.43. The van der Waals surface area contributed by atoms with E-state index in [2.05, 4.69) is 22.6 Å². The Morgan fingerprint density at radius 1 is 0.800 bits per heavy atom. The zero-order valence-corrected chi connectivity index (χ0v) is 15.4. The molecule has 0 atom stereocenters. The first kappa shape index (κ1) is 20.8. The Morgan fingerprint density at radius 2 is 1.25 bits per heavy atom. The Labute approximate surface area is 135 Å². The lowest BCUT2D eigenvalue weighted by molar-refractivity contribution is 0.0199. The van der Waals surface area contributed by atoms with Crippen LogP contribution in [0.2, 0.25) is 0 Å². The van der Waals surface area contributed by atoms with Crippen molar-refractivity contribution in [3.8, 4) is 0 Å². The summed E-state index contributed by atoms with van der Waals surface area (Å²) in [7, 11) is -2.98. The summed E-state index contributed by atoms with van der Waals surface area (Å²) < 4.78 is 39.3. The van der Waals surface area contributed by atoms with Crippen LogP contribution in [-0.4, -0.2) is 63.4 Å². The molecule has 0 saturated carbocycles. The maximum atomic E-state index is 12.1. The maximum Gasteiger partial charge on any atom is 0.332 e. The van der Waals surface area contributed by atoms with Gasteiger partial charge in [-0.2, -0.15) is 0 Å². The van der Waals surface area contributed by atoms with Gasteiger partial charge in [-0.15, -0.1) is 0 Å². The predicted octanol–water partition coefficient (Wildman–Crippen LogP) is 2.74. The van der Waals surface area contributed by atoms with E-state index in [0.717, 1.165) is 11.0 Å². The lowest BCUT2D eigenvalue weighted by Crippen LogP contribution is -2.12. The van der Waals surface area contributed by atoms with Crippen LogP contribution in [0, 0.1) is 0 Å². The topological polar surface area (TPSA) is 63.2 Å². The van der Waals surface area contributed by atoms with Gasteiger partial charge < -0.3 is 23.3 Å². The minimum atomic E-state index is -2.98. The van der Waals surface area contributed by atoms with Crippen LogP contribution in [0.25, 0.3) is 0 Å². The van der Waals surface area contributed by atoms with Gasteiger partial charge >= 0.3 is 7.60 Å². The van der Waals surface area contributed by atoms with Crippen LogP contribution in [0.5, 0.6) is 0 Å². The van der Waals surface area contributed by atoms with Gasteiger partial charge in [0.15, 0.2) is 0 Å². The van der Waals surface area contributed by atoms with Crippen LogP contribution in [0.15, 0.2) is 0 Å². The lowest BCUT2D eigenvalue weighted by atomic mass is 10.7. The normalized spacial score (nSPS) is 11.9. The highest BCUT2D eigenvalue weighted by atomic mass is 127. The van der Waals surface area contributed by atoms with Gasteiger partial charge in [0.25, 0.3) is 0 Å². The summed E-state index contributed by atoms with van der Waals surface area (Å²) in [5.41, 5.74) is 0. The molecule has 122 valence electrons. The Hall–Kier alpha value is 0.760. The van der Waals surface area contributed by atoms with E-state index in [9.17, 15) is 4.57 Å². The molecule has 0 heterocycles. The standard InChI is InChI=1S/C12H26IO6P/c1-3-18-20(14,19-4-2)12-11-17-10-9-16-8-7-15-6-5-13/h3-12H2,1-2H3. The van der Waals surface area contributed by atoms with Gasteiger partial charge in [0.05, 0.1) is 59.0 Å². The molecule has 0 aliphatic rings. The highest BCUT2D eigenvalue weighted by Crippen LogP contribution is 2.47. The lowest BCUT2D eigenvalue weighted by Gasteiger charge is -2.16. The molecule has 0 N–H and O–H groups in total. The molecular formula is C12H26IO6P. The maximum absolute atomic E-state index is 12.1. The second kappa shape index (κ2) is 14.7. The second-order valence-electron chi connectivity index (χ2n) is 3.70. The van der Waals surface area contributed by atoms with E-state index in [4.69, 9.17) is 23.3 Å². The van der Waals surface area contributed by atoms with Crippen LogP contribution in [0.3, 0.4) is 0 Å². The van der Waals surface area contributed by atoms with Gasteiger partial charge in [0, 0.05) is 4.43 Å². The van der Waals surface area contributed by atoms with E-state index < -0.39 is 7.60 Å². The van der Waals surface area contributed by atoms with Crippen LogP contribution in [-0.2, 0) is 27.8 Å². The average molecular weight is 424 g/mol. The van der Waals surface area contributed by atoms with Crippen molar-refractivity contribution in [2.75, 3.05) is 63.4 Å². The molecule has 0 rings (SSSR count). The molecule has 0 fully saturated rings. The fourth-order valence-electron chi connectivity index (χ4n) is 1.33. The number of alkyl halides is 1. The number of hydrogen-bond acceptors (Lipinski definition) is 6. The molecule has 8 heteroatoms. The Kier molecular flexibility index (Phi) is 15.2. The van der Waals surface area contributed by atoms with Gasteiger partial charge in [-0.1, -0.05) is 22.6 Å². The molecule has 0 aliphatic heterocycles. The molecule has 0 aliphatic carbocycles. The first-order valence-corrected chi connectivity index (χ1v) is 10.1. The third kappa shape index (κ3) is 12.5. The van der Waals surface area contributed by atoms with Crippen molar-refractivity contribution in [2.24, 2.45) is 0 Å². The first-order valence-electron chi connectivity index (χ1n) is 6.85. The second-order valence-corrected chi connectivity index (χ2v) is 6.96. The first-order chi connectivity index (χ1) is 9.68. The molecule has 0 unspecified atom stereocenters. The van der Waals surface area contributed by atoms with E-state index in [1.807, 2.05) is 0 Å². The predicted molar refractivity (Wildman–Crippen MR) is 87.1 cm³/mol. The van der Waals surface area contributed by atoms with Crippen molar-refractivity contribution in [3.05, 3.63) is 0 Å². The van der Waals surface area contributed by atoms with Crippen molar-refractivity contribution in [3.63, 3.8) is 0 Å². The summed E-state index contributed by atoms with van der Waals surface area (Å²) in [6.07, 6.45) is 0.271. The third-order valence-electron chi connectivity index (χ3n) is 2.13. The van der Waals surface area contributed by atoms with E-state index in [-0.39, 0.29) is 6.16 Å². The number of ether oxygens (including phenoxy) is 3. The Morgan fingerprint density at radius 3 is 1.70 bits per heavy atom. The van der Waals surface area contributed by atoms with Crippen LogP contribution in [0.4, 0.5) is 0 Å². The number of hydrogen-bond donors (Lipinski definition) is 0. The van der Waals surface area contributed by atoms with E-state index in [1.165, 1.54) is 0 Å². The third-order valence-corrected chi connectivity index (χ3v) is 4.60. The van der Waals surface area contributed by atoms with Crippen molar-refractivity contribution in [1.29, 1.82) is 0 Å². The molecule has 6 nitrogen and oxygen atoms in total. The molecular weight excluding hydrogens is 398 g/mol. The summed E-state index contributed by atoms with van der Waals surface area (Å²) in [6.45, 7) is 7.56. The summed E-state index contributed by atoms with van der Waals surface area (Å²) in [4.78, 5) is 0. The van der Waals surface area contributed by atoms with E-state index in [0.29, 0.717) is 46.2 Å².